The predicted molar refractivity (Wildman–Crippen MR) is 131 cm³/mol. The Bertz CT molecular complexity index is 1200. The molecule has 176 valence electrons. The van der Waals surface area contributed by atoms with Gasteiger partial charge in [0.05, 0.1) is 28.6 Å². The summed E-state index contributed by atoms with van der Waals surface area (Å²) in [6.07, 6.45) is 1.69. The maximum Gasteiger partial charge on any atom is 0.246 e. The van der Waals surface area contributed by atoms with Gasteiger partial charge in [0.15, 0.2) is 0 Å². The van der Waals surface area contributed by atoms with Crippen molar-refractivity contribution in [3.05, 3.63) is 48.3 Å². The van der Waals surface area contributed by atoms with Gasteiger partial charge in [-0.15, -0.1) is 11.8 Å². The van der Waals surface area contributed by atoms with E-state index >= 15 is 0 Å². The van der Waals surface area contributed by atoms with E-state index in [0.29, 0.717) is 31.1 Å². The third-order valence-corrected chi connectivity index (χ3v) is 8.54. The summed E-state index contributed by atoms with van der Waals surface area (Å²) in [5.74, 6) is 1.11. The molecule has 1 aromatic heterocycles. The van der Waals surface area contributed by atoms with E-state index in [1.54, 1.807) is 12.1 Å². The molecule has 2 heterocycles. The number of aromatic nitrogens is 2. The first kappa shape index (κ1) is 23.6. The molecular weight excluding hydrogens is 460 g/mol. The van der Waals surface area contributed by atoms with Crippen molar-refractivity contribution in [2.45, 2.75) is 36.8 Å². The summed E-state index contributed by atoms with van der Waals surface area (Å²) in [4.78, 5) is 20.6. The fraction of sp³-hybridized carbons (Fsp3) is 0.391. The maximum atomic E-state index is 13.1. The minimum absolute atomic E-state index is 0.00501. The summed E-state index contributed by atoms with van der Waals surface area (Å²) in [5.41, 5.74) is 2.29. The second-order valence-electron chi connectivity index (χ2n) is 7.85. The molecule has 2 N–H and O–H groups in total. The normalized spacial score (nSPS) is 15.6. The minimum Gasteiger partial charge on any atom is -0.492 e. The molecule has 1 fully saturated rings. The number of anilines is 1. The van der Waals surface area contributed by atoms with Gasteiger partial charge in [0.25, 0.3) is 0 Å². The van der Waals surface area contributed by atoms with Crippen LogP contribution in [0.5, 0.6) is 5.75 Å². The Labute approximate surface area is 198 Å². The molecule has 0 bridgehead atoms. The molecule has 1 saturated heterocycles. The maximum absolute atomic E-state index is 13.1. The third kappa shape index (κ3) is 5.34. The van der Waals surface area contributed by atoms with Crippen LogP contribution in [0.25, 0.3) is 11.0 Å². The Morgan fingerprint density at radius 2 is 2.00 bits per heavy atom. The fourth-order valence-corrected chi connectivity index (χ4v) is 6.19. The van der Waals surface area contributed by atoms with E-state index < -0.39 is 10.0 Å². The predicted octanol–water partition coefficient (Wildman–Crippen LogP) is 4.18. The molecule has 0 unspecified atom stereocenters. The quantitative estimate of drug-likeness (QED) is 0.468. The van der Waals surface area contributed by atoms with Gasteiger partial charge in [-0.3, -0.25) is 4.79 Å². The van der Waals surface area contributed by atoms with Gasteiger partial charge in [0.1, 0.15) is 16.5 Å². The van der Waals surface area contributed by atoms with Crippen LogP contribution in [0.4, 0.5) is 5.69 Å². The Kier molecular flexibility index (Phi) is 7.26. The number of para-hydroxylation sites is 2. The zero-order chi connectivity index (χ0) is 23.4. The zero-order valence-corrected chi connectivity index (χ0v) is 20.3. The lowest BCUT2D eigenvalue weighted by Crippen LogP contribution is -2.28. The lowest BCUT2D eigenvalue weighted by molar-refractivity contribution is -0.113. The molecule has 33 heavy (non-hydrogen) atoms. The van der Waals surface area contributed by atoms with Crippen molar-refractivity contribution in [2.75, 3.05) is 30.8 Å². The van der Waals surface area contributed by atoms with Crippen LogP contribution in [-0.4, -0.2) is 54.0 Å². The summed E-state index contributed by atoms with van der Waals surface area (Å²) < 4.78 is 33.3. The summed E-state index contributed by atoms with van der Waals surface area (Å²) in [6, 6.07) is 12.6. The molecule has 0 radical (unpaired) electrons. The second kappa shape index (κ2) is 10.1. The Morgan fingerprint density at radius 3 is 2.73 bits per heavy atom. The summed E-state index contributed by atoms with van der Waals surface area (Å²) in [7, 11) is -3.69. The molecule has 3 aromatic rings. The number of fused-ring (bicyclic) bond motifs is 1. The van der Waals surface area contributed by atoms with Gasteiger partial charge in [0.2, 0.25) is 15.9 Å². The number of imidazole rings is 1. The van der Waals surface area contributed by atoms with E-state index in [9.17, 15) is 13.2 Å². The summed E-state index contributed by atoms with van der Waals surface area (Å²) in [6.45, 7) is 5.15. The lowest BCUT2D eigenvalue weighted by atomic mass is 10.3. The number of sulfonamides is 1. The van der Waals surface area contributed by atoms with Crippen LogP contribution in [-0.2, 0) is 14.8 Å². The molecule has 0 spiro atoms. The van der Waals surface area contributed by atoms with Crippen LogP contribution >= 0.6 is 11.8 Å². The van der Waals surface area contributed by atoms with Crippen LogP contribution in [0.1, 0.15) is 37.8 Å². The average Bonchev–Trinajstić information content (AvgIpc) is 3.49. The lowest BCUT2D eigenvalue weighted by Gasteiger charge is -2.19. The zero-order valence-electron chi connectivity index (χ0n) is 18.7. The molecule has 10 heteroatoms. The van der Waals surface area contributed by atoms with E-state index in [0.717, 1.165) is 29.7 Å². The van der Waals surface area contributed by atoms with E-state index in [4.69, 9.17) is 4.74 Å². The number of nitrogens with one attached hydrogen (secondary N) is 2. The number of amides is 1. The average molecular weight is 489 g/mol. The highest BCUT2D eigenvalue weighted by molar-refractivity contribution is 8.00. The Morgan fingerprint density at radius 1 is 1.24 bits per heavy atom. The monoisotopic (exact) mass is 488 g/mol. The molecule has 8 nitrogen and oxygen atoms in total. The number of rotatable bonds is 9. The van der Waals surface area contributed by atoms with E-state index in [1.165, 1.54) is 22.1 Å². The Balaban J connectivity index is 1.43. The summed E-state index contributed by atoms with van der Waals surface area (Å²) >= 11 is 1.46. The molecule has 0 aliphatic carbocycles. The number of ether oxygens (including phenoxy) is 1. The first-order chi connectivity index (χ1) is 15.9. The van der Waals surface area contributed by atoms with E-state index in [-0.39, 0.29) is 21.8 Å². The second-order valence-corrected chi connectivity index (χ2v) is 11.1. The highest BCUT2D eigenvalue weighted by Gasteiger charge is 2.30. The number of nitrogens with zero attached hydrogens (tertiary/aromatic N) is 2. The van der Waals surface area contributed by atoms with Crippen molar-refractivity contribution < 1.29 is 17.9 Å². The van der Waals surface area contributed by atoms with Crippen LogP contribution in [0, 0.1) is 0 Å². The number of hydrogen-bond acceptors (Lipinski definition) is 6. The fourth-order valence-electron chi connectivity index (χ4n) is 3.77. The minimum atomic E-state index is -3.69. The van der Waals surface area contributed by atoms with Crippen molar-refractivity contribution in [2.24, 2.45) is 0 Å². The first-order valence-electron chi connectivity index (χ1n) is 11.0. The van der Waals surface area contributed by atoms with Gasteiger partial charge in [-0.1, -0.05) is 12.1 Å². The number of aromatic amines is 1. The van der Waals surface area contributed by atoms with Gasteiger partial charge in [-0.2, -0.15) is 4.31 Å². The Hall–Kier alpha value is -2.56. The molecular formula is C23H28N4O4S2. The van der Waals surface area contributed by atoms with Gasteiger partial charge in [-0.25, -0.2) is 13.4 Å². The number of carbonyl (C=O) groups is 1. The smallest absolute Gasteiger partial charge is 0.246 e. The molecule has 1 amide bonds. The number of thioether (sulfide) groups is 1. The molecule has 0 saturated carbocycles. The SMILES string of the molecule is CCOc1ccc(NC(=O)CS[C@H](C)c2nc3ccccc3[nH]2)cc1S(=O)(=O)N1CCCC1. The van der Waals surface area contributed by atoms with Gasteiger partial charge in [-0.05, 0) is 57.0 Å². The molecule has 1 aliphatic heterocycles. The van der Waals surface area contributed by atoms with Gasteiger partial charge in [0, 0.05) is 18.8 Å². The topological polar surface area (TPSA) is 104 Å². The third-order valence-electron chi connectivity index (χ3n) is 5.47. The van der Waals surface area contributed by atoms with Gasteiger partial charge >= 0.3 is 0 Å². The van der Waals surface area contributed by atoms with E-state index in [1.807, 2.05) is 38.1 Å². The highest BCUT2D eigenvalue weighted by Crippen LogP contribution is 2.32. The van der Waals surface area contributed by atoms with Crippen molar-refractivity contribution in [1.29, 1.82) is 0 Å². The van der Waals surface area contributed by atoms with Crippen LogP contribution in [0.15, 0.2) is 47.4 Å². The standard InChI is InChI=1S/C23H28N4O4S2/c1-3-31-20-11-10-17(14-21(20)33(29,30)27-12-6-7-13-27)24-22(28)15-32-16(2)23-25-18-8-4-5-9-19(18)26-23/h4-5,8-11,14,16H,3,6-7,12-13,15H2,1-2H3,(H,24,28)(H,25,26)/t16-/m1/s1. The molecule has 1 atom stereocenters. The van der Waals surface area contributed by atoms with Crippen molar-refractivity contribution >= 4 is 44.4 Å². The molecule has 1 aliphatic rings. The van der Waals surface area contributed by atoms with Crippen LogP contribution in [0.2, 0.25) is 0 Å². The highest BCUT2D eigenvalue weighted by atomic mass is 32.2. The number of carbonyl (C=O) groups excluding carboxylic acids is 1. The first-order valence-corrected chi connectivity index (χ1v) is 13.5. The number of hydrogen-bond donors (Lipinski definition) is 2. The molecule has 2 aromatic carbocycles. The van der Waals surface area contributed by atoms with Crippen molar-refractivity contribution in [3.63, 3.8) is 0 Å². The molecule has 4 rings (SSSR count). The van der Waals surface area contributed by atoms with Crippen molar-refractivity contribution in [3.8, 4) is 5.75 Å². The summed E-state index contributed by atoms with van der Waals surface area (Å²) in [5, 5.41) is 2.81. The van der Waals surface area contributed by atoms with Crippen LogP contribution in [0.3, 0.4) is 0 Å². The van der Waals surface area contributed by atoms with E-state index in [2.05, 4.69) is 15.3 Å². The number of H-pyrrole nitrogens is 1. The number of benzene rings is 2. The van der Waals surface area contributed by atoms with Crippen molar-refractivity contribution in [1.82, 2.24) is 14.3 Å². The van der Waals surface area contributed by atoms with Gasteiger partial charge < -0.3 is 15.0 Å². The largest absolute Gasteiger partial charge is 0.492 e. The van der Waals surface area contributed by atoms with Crippen LogP contribution < -0.4 is 10.1 Å².